The van der Waals surface area contributed by atoms with Gasteiger partial charge in [-0.15, -0.1) is 4.83 Å². The van der Waals surface area contributed by atoms with Gasteiger partial charge in [0.15, 0.2) is 0 Å². The van der Waals surface area contributed by atoms with Gasteiger partial charge >= 0.3 is 0 Å². The third-order valence-corrected chi connectivity index (χ3v) is 4.88. The summed E-state index contributed by atoms with van der Waals surface area (Å²) in [6.45, 7) is 0. The molecule has 0 fully saturated rings. The van der Waals surface area contributed by atoms with E-state index >= 15 is 0 Å². The molecular weight excluding hydrogens is 354 g/mol. The first kappa shape index (κ1) is 16.4. The van der Waals surface area contributed by atoms with E-state index < -0.39 is 15.9 Å². The molecule has 0 saturated heterocycles. The maximum atomic E-state index is 12.3. The molecule has 3 N–H and O–H groups in total. The fraction of sp³-hybridized carbons (Fsp3) is 0.0667. The van der Waals surface area contributed by atoms with Crippen LogP contribution in [0.3, 0.4) is 0 Å². The summed E-state index contributed by atoms with van der Waals surface area (Å²) in [7, 11) is -3.97. The zero-order valence-electron chi connectivity index (χ0n) is 12.2. The van der Waals surface area contributed by atoms with E-state index in [2.05, 4.69) is 10.7 Å². The number of nitrogens with one attached hydrogen (secondary N) is 3. The molecule has 0 unspecified atom stereocenters. The van der Waals surface area contributed by atoms with Crippen molar-refractivity contribution in [1.29, 1.82) is 0 Å². The van der Waals surface area contributed by atoms with Crippen LogP contribution in [-0.4, -0.2) is 20.2 Å². The zero-order chi connectivity index (χ0) is 17.3. The highest BCUT2D eigenvalue weighted by Crippen LogP contribution is 2.25. The number of hydrazine groups is 1. The first-order valence-electron chi connectivity index (χ1n) is 6.86. The Balaban J connectivity index is 1.74. The summed E-state index contributed by atoms with van der Waals surface area (Å²) in [4.78, 5) is 25.2. The molecule has 124 valence electrons. The minimum atomic E-state index is -3.97. The van der Waals surface area contributed by atoms with E-state index in [0.717, 1.165) is 0 Å². The molecule has 0 spiro atoms. The number of sulfonamides is 1. The quantitative estimate of drug-likeness (QED) is 0.713. The number of carbonyl (C=O) groups excluding carboxylic acids is 2. The highest BCUT2D eigenvalue weighted by Gasteiger charge is 2.22. The van der Waals surface area contributed by atoms with Crippen molar-refractivity contribution in [3.05, 3.63) is 58.6 Å². The highest BCUT2D eigenvalue weighted by atomic mass is 35.5. The summed E-state index contributed by atoms with van der Waals surface area (Å²) in [6, 6.07) is 10.3. The predicted molar refractivity (Wildman–Crippen MR) is 88.0 cm³/mol. The Morgan fingerprint density at radius 3 is 2.71 bits per heavy atom. The molecule has 0 saturated carbocycles. The molecule has 1 aliphatic heterocycles. The third kappa shape index (κ3) is 3.40. The number of anilines is 1. The van der Waals surface area contributed by atoms with E-state index in [1.54, 1.807) is 12.1 Å². The Morgan fingerprint density at radius 2 is 1.96 bits per heavy atom. The lowest BCUT2D eigenvalue weighted by molar-refractivity contribution is -0.115. The largest absolute Gasteiger partial charge is 0.326 e. The molecule has 7 nitrogen and oxygen atoms in total. The molecule has 1 heterocycles. The smallest absolute Gasteiger partial charge is 0.266 e. The van der Waals surface area contributed by atoms with E-state index in [0.29, 0.717) is 16.3 Å². The fourth-order valence-corrected chi connectivity index (χ4v) is 3.33. The van der Waals surface area contributed by atoms with Crippen molar-refractivity contribution in [3.8, 4) is 0 Å². The van der Waals surface area contributed by atoms with Gasteiger partial charge in [-0.1, -0.05) is 17.7 Å². The van der Waals surface area contributed by atoms with Crippen molar-refractivity contribution < 1.29 is 18.0 Å². The maximum Gasteiger partial charge on any atom is 0.266 e. The fourth-order valence-electron chi connectivity index (χ4n) is 2.25. The van der Waals surface area contributed by atoms with Crippen molar-refractivity contribution in [3.63, 3.8) is 0 Å². The predicted octanol–water partition coefficient (Wildman–Crippen LogP) is 1.46. The lowest BCUT2D eigenvalue weighted by atomic mass is 10.2. The molecule has 3 rings (SSSR count). The summed E-state index contributed by atoms with van der Waals surface area (Å²) >= 11 is 5.79. The summed E-state index contributed by atoms with van der Waals surface area (Å²) in [5.74, 6) is -0.833. The molecule has 1 aliphatic rings. The number of benzene rings is 2. The second-order valence-electron chi connectivity index (χ2n) is 5.11. The average molecular weight is 366 g/mol. The molecule has 0 aliphatic carbocycles. The molecule has 0 aromatic heterocycles. The number of carbonyl (C=O) groups is 2. The van der Waals surface area contributed by atoms with Gasteiger partial charge in [-0.25, -0.2) is 8.42 Å². The lowest BCUT2D eigenvalue weighted by Crippen LogP contribution is -2.41. The van der Waals surface area contributed by atoms with Crippen LogP contribution in [0.1, 0.15) is 15.9 Å². The second-order valence-corrected chi connectivity index (χ2v) is 7.23. The van der Waals surface area contributed by atoms with Crippen LogP contribution < -0.4 is 15.6 Å². The average Bonchev–Trinajstić information content (AvgIpc) is 2.91. The minimum Gasteiger partial charge on any atom is -0.326 e. The standard InChI is InChI=1S/C15H12ClN3O4S/c16-11-3-1-2-9(6-11)15(21)18-19-24(22,23)12-4-5-13-10(7-12)8-14(20)17-13/h1-7,19H,8H2,(H,17,20)(H,18,21). The first-order valence-corrected chi connectivity index (χ1v) is 8.72. The Kier molecular flexibility index (Phi) is 4.27. The first-order chi connectivity index (χ1) is 11.3. The molecular formula is C15H12ClN3O4S. The summed E-state index contributed by atoms with van der Waals surface area (Å²) in [6.07, 6.45) is 0.119. The second kappa shape index (κ2) is 6.23. The molecule has 0 radical (unpaired) electrons. The van der Waals surface area contributed by atoms with Crippen LogP contribution in [0.15, 0.2) is 47.4 Å². The van der Waals surface area contributed by atoms with Crippen LogP contribution in [0, 0.1) is 0 Å². The van der Waals surface area contributed by atoms with E-state index in [9.17, 15) is 18.0 Å². The van der Waals surface area contributed by atoms with Gasteiger partial charge in [0.1, 0.15) is 0 Å². The van der Waals surface area contributed by atoms with Crippen LogP contribution in [0.4, 0.5) is 5.69 Å². The van der Waals surface area contributed by atoms with Crippen molar-refractivity contribution in [2.24, 2.45) is 0 Å². The lowest BCUT2D eigenvalue weighted by Gasteiger charge is -2.09. The van der Waals surface area contributed by atoms with E-state index in [1.807, 2.05) is 4.83 Å². The molecule has 2 aromatic carbocycles. The number of halogens is 1. The number of fused-ring (bicyclic) bond motifs is 1. The van der Waals surface area contributed by atoms with Crippen molar-refractivity contribution in [2.75, 3.05) is 5.32 Å². The summed E-state index contributed by atoms with van der Waals surface area (Å²) < 4.78 is 24.5. The van der Waals surface area contributed by atoms with Crippen molar-refractivity contribution in [1.82, 2.24) is 10.3 Å². The van der Waals surface area contributed by atoms with Gasteiger partial charge in [-0.05, 0) is 42.0 Å². The maximum absolute atomic E-state index is 12.3. The monoisotopic (exact) mass is 365 g/mol. The van der Waals surface area contributed by atoms with Crippen LogP contribution >= 0.6 is 11.6 Å². The number of hydrogen-bond acceptors (Lipinski definition) is 4. The van der Waals surface area contributed by atoms with Gasteiger partial charge in [0.2, 0.25) is 5.91 Å². The van der Waals surface area contributed by atoms with Gasteiger partial charge in [0.05, 0.1) is 11.3 Å². The summed E-state index contributed by atoms with van der Waals surface area (Å²) in [5.41, 5.74) is 3.51. The SMILES string of the molecule is O=C1Cc2cc(S(=O)(=O)NNC(=O)c3cccc(Cl)c3)ccc2N1. The van der Waals surface area contributed by atoms with E-state index in [1.165, 1.54) is 30.3 Å². The van der Waals surface area contributed by atoms with Crippen molar-refractivity contribution in [2.45, 2.75) is 11.3 Å². The zero-order valence-corrected chi connectivity index (χ0v) is 13.7. The van der Waals surface area contributed by atoms with E-state index in [-0.39, 0.29) is 22.8 Å². The van der Waals surface area contributed by atoms with Gasteiger partial charge in [-0.2, -0.15) is 0 Å². The van der Waals surface area contributed by atoms with Gasteiger partial charge in [-0.3, -0.25) is 15.0 Å². The van der Waals surface area contributed by atoms with Crippen LogP contribution in [0.25, 0.3) is 0 Å². The minimum absolute atomic E-state index is 0.0517. The summed E-state index contributed by atoms with van der Waals surface area (Å²) in [5, 5.41) is 2.98. The molecule has 2 aromatic rings. The number of hydrogen-bond donors (Lipinski definition) is 3. The molecule has 0 atom stereocenters. The number of rotatable bonds is 4. The van der Waals surface area contributed by atoms with Gasteiger partial charge in [0.25, 0.3) is 15.9 Å². The topological polar surface area (TPSA) is 104 Å². The third-order valence-electron chi connectivity index (χ3n) is 3.40. The Hall–Kier alpha value is -2.42. The van der Waals surface area contributed by atoms with Gasteiger partial charge < -0.3 is 5.32 Å². The van der Waals surface area contributed by atoms with Crippen LogP contribution in [0.5, 0.6) is 0 Å². The molecule has 2 amide bonds. The Morgan fingerprint density at radius 1 is 1.17 bits per heavy atom. The normalized spacial score (nSPS) is 13.3. The van der Waals surface area contributed by atoms with Gasteiger partial charge in [0, 0.05) is 16.3 Å². The van der Waals surface area contributed by atoms with Crippen molar-refractivity contribution >= 4 is 39.1 Å². The Bertz CT molecular complexity index is 943. The number of amides is 2. The highest BCUT2D eigenvalue weighted by molar-refractivity contribution is 7.89. The molecule has 24 heavy (non-hydrogen) atoms. The van der Waals surface area contributed by atoms with E-state index in [4.69, 9.17) is 11.6 Å². The van der Waals surface area contributed by atoms with Crippen LogP contribution in [-0.2, 0) is 21.2 Å². The molecule has 9 heteroatoms. The van der Waals surface area contributed by atoms with Crippen LogP contribution in [0.2, 0.25) is 5.02 Å². The Labute approximate surface area is 143 Å². The molecule has 0 bridgehead atoms.